The van der Waals surface area contributed by atoms with Crippen LogP contribution >= 0.6 is 10.6 Å². The number of carbonyl (C=O) groups excluding carboxylic acids is 1. The van der Waals surface area contributed by atoms with Crippen LogP contribution in [0.4, 0.5) is 0 Å². The average Bonchev–Trinajstić information content (AvgIpc) is 2.03. The molecule has 0 aliphatic carbocycles. The van der Waals surface area contributed by atoms with Crippen molar-refractivity contribution in [2.24, 2.45) is 0 Å². The molecule has 1 radical (unpaired) electrons. The summed E-state index contributed by atoms with van der Waals surface area (Å²) in [5.41, 5.74) is 0. The molecule has 4 N–H and O–H groups in total. The molecule has 1 aliphatic heterocycles. The third-order valence-corrected chi connectivity index (χ3v) is 3.46. The molecule has 1 rings (SSSR count). The number of hydrogen-bond donors (Lipinski definition) is 4. The topological polar surface area (TPSA) is 89.8 Å². The third kappa shape index (κ3) is 2.34. The summed E-state index contributed by atoms with van der Waals surface area (Å²) in [7, 11) is -2.68. The Balaban J connectivity index is 2.52. The van der Waals surface area contributed by atoms with Crippen molar-refractivity contribution in [1.82, 2.24) is 5.32 Å². The molecule has 1 aliphatic rings. The van der Waals surface area contributed by atoms with Crippen molar-refractivity contribution in [3.05, 3.63) is 6.92 Å². The number of aliphatic hydroxyl groups excluding tert-OH is 1. The molecular formula is C6H12NO4S. The van der Waals surface area contributed by atoms with E-state index in [1.165, 1.54) is 0 Å². The van der Waals surface area contributed by atoms with Gasteiger partial charge in [-0.2, -0.15) is 10.6 Å². The van der Waals surface area contributed by atoms with Crippen molar-refractivity contribution in [3.63, 3.8) is 0 Å². The van der Waals surface area contributed by atoms with Crippen LogP contribution in [0.25, 0.3) is 0 Å². The number of rotatable bonds is 1. The molecule has 1 heterocycles. The molecule has 6 heteroatoms. The highest BCUT2D eigenvalue weighted by molar-refractivity contribution is 8.24. The van der Waals surface area contributed by atoms with Crippen LogP contribution in [0.3, 0.4) is 0 Å². The van der Waals surface area contributed by atoms with Gasteiger partial charge in [0.15, 0.2) is 0 Å². The molecule has 0 saturated carbocycles. The van der Waals surface area contributed by atoms with E-state index in [4.69, 9.17) is 9.11 Å². The Morgan fingerprint density at radius 2 is 2.08 bits per heavy atom. The van der Waals surface area contributed by atoms with Crippen LogP contribution < -0.4 is 5.32 Å². The highest BCUT2D eigenvalue weighted by Gasteiger charge is 2.36. The van der Waals surface area contributed by atoms with E-state index in [2.05, 4.69) is 12.2 Å². The van der Waals surface area contributed by atoms with Gasteiger partial charge in [-0.15, -0.1) is 0 Å². The zero-order valence-electron chi connectivity index (χ0n) is 6.43. The van der Waals surface area contributed by atoms with Gasteiger partial charge in [0, 0.05) is 6.92 Å². The molecule has 0 aromatic rings. The van der Waals surface area contributed by atoms with Crippen LogP contribution in [0.15, 0.2) is 0 Å². The fraction of sp³-hybridized carbons (Fsp3) is 0.667. The average molecular weight is 194 g/mol. The highest BCUT2D eigenvalue weighted by atomic mass is 32.3. The Kier molecular flexibility index (Phi) is 2.62. The fourth-order valence-electron chi connectivity index (χ4n) is 1.20. The highest BCUT2D eigenvalue weighted by Crippen LogP contribution is 2.45. The molecule has 1 saturated heterocycles. The standard InChI is InChI=1S/C6H12NO4S/c1-4(8)7-5-2-12(10,11)3-6(5)9/h5-6,9-11H,1-3H2,(H,7,8). The van der Waals surface area contributed by atoms with E-state index in [-0.39, 0.29) is 11.5 Å². The lowest BCUT2D eigenvalue weighted by molar-refractivity contribution is -0.117. The van der Waals surface area contributed by atoms with Gasteiger partial charge in [-0.3, -0.25) is 13.9 Å². The molecule has 0 bridgehead atoms. The van der Waals surface area contributed by atoms with Crippen LogP contribution in [-0.2, 0) is 4.79 Å². The molecule has 1 fully saturated rings. The van der Waals surface area contributed by atoms with Gasteiger partial charge in [0.1, 0.15) is 0 Å². The first-order chi connectivity index (χ1) is 5.41. The van der Waals surface area contributed by atoms with E-state index < -0.39 is 28.6 Å². The fourth-order valence-corrected chi connectivity index (χ4v) is 3.00. The summed E-state index contributed by atoms with van der Waals surface area (Å²) >= 11 is 0. The van der Waals surface area contributed by atoms with Gasteiger partial charge in [-0.1, -0.05) is 0 Å². The van der Waals surface area contributed by atoms with E-state index in [1.807, 2.05) is 0 Å². The van der Waals surface area contributed by atoms with Gasteiger partial charge in [-0.25, -0.2) is 0 Å². The summed E-state index contributed by atoms with van der Waals surface area (Å²) in [5.74, 6) is -0.552. The van der Waals surface area contributed by atoms with Crippen LogP contribution in [0.5, 0.6) is 0 Å². The minimum Gasteiger partial charge on any atom is -0.389 e. The Hall–Kier alpha value is -0.300. The molecule has 1 amide bonds. The maximum Gasteiger partial charge on any atom is 0.220 e. The minimum atomic E-state index is -2.68. The van der Waals surface area contributed by atoms with Crippen LogP contribution in [0, 0.1) is 6.92 Å². The molecule has 71 valence electrons. The lowest BCUT2D eigenvalue weighted by Crippen LogP contribution is -2.41. The lowest BCUT2D eigenvalue weighted by atomic mass is 10.2. The quantitative estimate of drug-likeness (QED) is 0.450. The maximum atomic E-state index is 10.5. The molecule has 0 aromatic heterocycles. The zero-order valence-corrected chi connectivity index (χ0v) is 7.25. The number of nitrogens with one attached hydrogen (secondary N) is 1. The second-order valence-corrected chi connectivity index (χ2v) is 5.15. The van der Waals surface area contributed by atoms with Crippen molar-refractivity contribution in [2.45, 2.75) is 12.1 Å². The second-order valence-electron chi connectivity index (χ2n) is 2.88. The Labute approximate surface area is 72.1 Å². The van der Waals surface area contributed by atoms with Gasteiger partial charge in [0.05, 0.1) is 23.7 Å². The summed E-state index contributed by atoms with van der Waals surface area (Å²) < 4.78 is 18.3. The number of aliphatic hydroxyl groups is 1. The summed E-state index contributed by atoms with van der Waals surface area (Å²) in [6.45, 7) is 3.07. The van der Waals surface area contributed by atoms with Gasteiger partial charge >= 0.3 is 0 Å². The van der Waals surface area contributed by atoms with Gasteiger partial charge in [-0.05, 0) is 0 Å². The summed E-state index contributed by atoms with van der Waals surface area (Å²) in [6.07, 6.45) is -0.874. The Bertz CT molecular complexity index is 196. The van der Waals surface area contributed by atoms with E-state index in [0.29, 0.717) is 0 Å². The first-order valence-electron chi connectivity index (χ1n) is 3.45. The van der Waals surface area contributed by atoms with Gasteiger partial charge < -0.3 is 10.4 Å². The SMILES string of the molecule is [CH2]C(=O)NC1CS(O)(O)CC1O. The summed E-state index contributed by atoms with van der Waals surface area (Å²) in [4.78, 5) is 10.5. The predicted molar refractivity (Wildman–Crippen MR) is 45.9 cm³/mol. The molecule has 2 atom stereocenters. The monoisotopic (exact) mass is 194 g/mol. The van der Waals surface area contributed by atoms with Crippen molar-refractivity contribution in [3.8, 4) is 0 Å². The van der Waals surface area contributed by atoms with E-state index in [9.17, 15) is 9.90 Å². The molecule has 5 nitrogen and oxygen atoms in total. The molecule has 2 unspecified atom stereocenters. The first kappa shape index (κ1) is 9.79. The van der Waals surface area contributed by atoms with E-state index in [0.717, 1.165) is 0 Å². The van der Waals surface area contributed by atoms with Crippen molar-refractivity contribution >= 4 is 16.5 Å². The smallest absolute Gasteiger partial charge is 0.220 e. The van der Waals surface area contributed by atoms with Gasteiger partial charge in [0.25, 0.3) is 0 Å². The minimum absolute atomic E-state index is 0.0232. The maximum absolute atomic E-state index is 10.5. The second kappa shape index (κ2) is 3.21. The number of amides is 1. The predicted octanol–water partition coefficient (Wildman–Crippen LogP) is -0.570. The molecular weight excluding hydrogens is 182 g/mol. The summed E-state index contributed by atoms with van der Waals surface area (Å²) in [6, 6.07) is -0.569. The lowest BCUT2D eigenvalue weighted by Gasteiger charge is -2.25. The van der Waals surface area contributed by atoms with Crippen molar-refractivity contribution in [2.75, 3.05) is 11.5 Å². The van der Waals surface area contributed by atoms with Crippen LogP contribution in [0.2, 0.25) is 0 Å². The normalized spacial score (nSPS) is 36.0. The van der Waals surface area contributed by atoms with Crippen LogP contribution in [0.1, 0.15) is 0 Å². The van der Waals surface area contributed by atoms with Crippen molar-refractivity contribution in [1.29, 1.82) is 0 Å². The van der Waals surface area contributed by atoms with Gasteiger partial charge in [0.2, 0.25) is 5.91 Å². The molecule has 12 heavy (non-hydrogen) atoms. The molecule has 0 aromatic carbocycles. The Morgan fingerprint density at radius 3 is 2.42 bits per heavy atom. The third-order valence-electron chi connectivity index (χ3n) is 1.70. The van der Waals surface area contributed by atoms with Crippen molar-refractivity contribution < 1.29 is 19.0 Å². The first-order valence-corrected chi connectivity index (χ1v) is 5.33. The van der Waals surface area contributed by atoms with E-state index in [1.54, 1.807) is 0 Å². The number of carbonyl (C=O) groups is 1. The van der Waals surface area contributed by atoms with E-state index >= 15 is 0 Å². The summed E-state index contributed by atoms with van der Waals surface area (Å²) in [5, 5.41) is 11.6. The largest absolute Gasteiger partial charge is 0.389 e. The Morgan fingerprint density at radius 1 is 1.50 bits per heavy atom. The molecule has 0 spiro atoms. The number of hydrogen-bond acceptors (Lipinski definition) is 4. The zero-order chi connectivity index (χ0) is 9.35. The van der Waals surface area contributed by atoms with Crippen LogP contribution in [-0.4, -0.2) is 43.8 Å².